The maximum Gasteiger partial charge on any atom is 0.270 e. The highest BCUT2D eigenvalue weighted by atomic mass is 16.6. The number of non-ortho nitro benzene ring substituents is 1. The largest absolute Gasteiger partial charge is 0.507 e. The molecule has 0 saturated carbocycles. The number of allylic oxidation sites excluding steroid dienone is 1. The Morgan fingerprint density at radius 1 is 1.57 bits per heavy atom. The first-order chi connectivity index (χ1) is 6.56. The van der Waals surface area contributed by atoms with Gasteiger partial charge in [-0.1, -0.05) is 6.58 Å². The molecule has 0 amide bonds. The lowest BCUT2D eigenvalue weighted by molar-refractivity contribution is -0.384. The Morgan fingerprint density at radius 3 is 2.71 bits per heavy atom. The van der Waals surface area contributed by atoms with E-state index in [1.54, 1.807) is 0 Å². The number of phenolic OH excluding ortho intramolecular Hbond substituents is 1. The van der Waals surface area contributed by atoms with E-state index in [0.717, 1.165) is 24.3 Å². The quantitative estimate of drug-likeness (QED) is 0.342. The summed E-state index contributed by atoms with van der Waals surface area (Å²) >= 11 is 0. The number of ketones is 1. The van der Waals surface area contributed by atoms with E-state index in [9.17, 15) is 20.0 Å². The van der Waals surface area contributed by atoms with Crippen molar-refractivity contribution in [3.63, 3.8) is 0 Å². The second kappa shape index (κ2) is 3.69. The normalized spacial score (nSPS) is 9.43. The van der Waals surface area contributed by atoms with Gasteiger partial charge in [0.25, 0.3) is 5.69 Å². The van der Waals surface area contributed by atoms with Gasteiger partial charge in [-0.25, -0.2) is 0 Å². The second-order valence-electron chi connectivity index (χ2n) is 2.53. The number of carbonyl (C=O) groups is 1. The van der Waals surface area contributed by atoms with Gasteiger partial charge in [0.2, 0.25) is 0 Å². The fourth-order valence-electron chi connectivity index (χ4n) is 0.945. The van der Waals surface area contributed by atoms with Crippen molar-refractivity contribution in [2.45, 2.75) is 0 Å². The first kappa shape index (κ1) is 9.91. The third kappa shape index (κ3) is 1.77. The van der Waals surface area contributed by atoms with E-state index in [0.29, 0.717) is 0 Å². The summed E-state index contributed by atoms with van der Waals surface area (Å²) in [6.45, 7) is 3.22. The van der Waals surface area contributed by atoms with Crippen molar-refractivity contribution in [2.24, 2.45) is 0 Å². The van der Waals surface area contributed by atoms with Crippen LogP contribution in [-0.2, 0) is 0 Å². The second-order valence-corrected chi connectivity index (χ2v) is 2.53. The number of carbonyl (C=O) groups excluding carboxylic acids is 1. The van der Waals surface area contributed by atoms with Gasteiger partial charge in [0.1, 0.15) is 5.75 Å². The third-order valence-electron chi connectivity index (χ3n) is 1.64. The van der Waals surface area contributed by atoms with Crippen LogP contribution in [0.5, 0.6) is 5.75 Å². The molecule has 0 fully saturated rings. The van der Waals surface area contributed by atoms with Crippen LogP contribution in [0, 0.1) is 10.1 Å². The summed E-state index contributed by atoms with van der Waals surface area (Å²) in [5.74, 6) is -0.841. The van der Waals surface area contributed by atoms with Crippen molar-refractivity contribution in [3.8, 4) is 5.75 Å². The average molecular weight is 193 g/mol. The van der Waals surface area contributed by atoms with E-state index < -0.39 is 10.7 Å². The SMILES string of the molecule is C=CC(=O)c1cc([N+](=O)[O-])ccc1O. The van der Waals surface area contributed by atoms with Crippen LogP contribution in [0.3, 0.4) is 0 Å². The zero-order valence-corrected chi connectivity index (χ0v) is 7.14. The molecule has 0 unspecified atom stereocenters. The summed E-state index contributed by atoms with van der Waals surface area (Å²) in [6, 6.07) is 3.24. The van der Waals surface area contributed by atoms with Crippen molar-refractivity contribution in [2.75, 3.05) is 0 Å². The fourth-order valence-corrected chi connectivity index (χ4v) is 0.945. The summed E-state index contributed by atoms with van der Waals surface area (Å²) in [5, 5.41) is 19.6. The number of rotatable bonds is 3. The number of nitro benzene ring substituents is 1. The number of hydrogen-bond donors (Lipinski definition) is 1. The van der Waals surface area contributed by atoms with E-state index >= 15 is 0 Å². The monoisotopic (exact) mass is 193 g/mol. The molecule has 1 rings (SSSR count). The van der Waals surface area contributed by atoms with Gasteiger partial charge in [-0.15, -0.1) is 0 Å². The maximum absolute atomic E-state index is 11.1. The van der Waals surface area contributed by atoms with Crippen molar-refractivity contribution >= 4 is 11.5 Å². The number of benzene rings is 1. The van der Waals surface area contributed by atoms with E-state index in [2.05, 4.69) is 6.58 Å². The van der Waals surface area contributed by atoms with E-state index in [4.69, 9.17) is 0 Å². The minimum Gasteiger partial charge on any atom is -0.507 e. The Hall–Kier alpha value is -2.17. The molecule has 0 radical (unpaired) electrons. The maximum atomic E-state index is 11.1. The zero-order chi connectivity index (χ0) is 10.7. The predicted molar refractivity (Wildman–Crippen MR) is 49.3 cm³/mol. The van der Waals surface area contributed by atoms with Gasteiger partial charge in [0.05, 0.1) is 10.5 Å². The number of nitrogens with zero attached hydrogens (tertiary/aromatic N) is 1. The molecule has 1 aromatic rings. The van der Waals surface area contributed by atoms with Gasteiger partial charge in [-0.2, -0.15) is 0 Å². The van der Waals surface area contributed by atoms with Crippen molar-refractivity contribution < 1.29 is 14.8 Å². The van der Waals surface area contributed by atoms with Crippen molar-refractivity contribution in [1.82, 2.24) is 0 Å². The number of nitro groups is 1. The lowest BCUT2D eigenvalue weighted by atomic mass is 10.1. The average Bonchev–Trinajstić information content (AvgIpc) is 2.17. The van der Waals surface area contributed by atoms with Crippen LogP contribution in [0.2, 0.25) is 0 Å². The van der Waals surface area contributed by atoms with Crippen LogP contribution in [0.25, 0.3) is 0 Å². The molecule has 1 aromatic carbocycles. The molecular formula is C9H7NO4. The molecule has 0 saturated heterocycles. The van der Waals surface area contributed by atoms with Crippen LogP contribution in [0.4, 0.5) is 5.69 Å². The first-order valence-corrected chi connectivity index (χ1v) is 3.70. The summed E-state index contributed by atoms with van der Waals surface area (Å²) in [6.07, 6.45) is 0.985. The minimum atomic E-state index is -0.640. The van der Waals surface area contributed by atoms with E-state index in [1.165, 1.54) is 0 Å². The lowest BCUT2D eigenvalue weighted by Crippen LogP contribution is -1.96. The first-order valence-electron chi connectivity index (χ1n) is 3.70. The summed E-state index contributed by atoms with van der Waals surface area (Å²) in [5.41, 5.74) is -0.359. The van der Waals surface area contributed by atoms with Crippen molar-refractivity contribution in [1.29, 1.82) is 0 Å². The van der Waals surface area contributed by atoms with E-state index in [1.807, 2.05) is 0 Å². The number of hydrogen-bond acceptors (Lipinski definition) is 4. The Morgan fingerprint density at radius 2 is 2.21 bits per heavy atom. The molecule has 1 N–H and O–H groups in total. The highest BCUT2D eigenvalue weighted by molar-refractivity contribution is 6.06. The Bertz CT molecular complexity index is 411. The molecule has 5 heteroatoms. The summed E-state index contributed by atoms with van der Waals surface area (Å²) in [4.78, 5) is 20.8. The Labute approximate surface area is 79.4 Å². The van der Waals surface area contributed by atoms with Crippen LogP contribution in [-0.4, -0.2) is 15.8 Å². The molecule has 5 nitrogen and oxygen atoms in total. The van der Waals surface area contributed by atoms with Gasteiger partial charge in [0, 0.05) is 12.1 Å². The smallest absolute Gasteiger partial charge is 0.270 e. The van der Waals surface area contributed by atoms with Crippen LogP contribution >= 0.6 is 0 Å². The molecule has 72 valence electrons. The fraction of sp³-hybridized carbons (Fsp3) is 0. The van der Waals surface area contributed by atoms with Gasteiger partial charge >= 0.3 is 0 Å². The summed E-state index contributed by atoms with van der Waals surface area (Å²) < 4.78 is 0. The molecule has 0 aliphatic carbocycles. The number of phenols is 1. The standard InChI is InChI=1S/C9H7NO4/c1-2-8(11)7-5-6(10(13)14)3-4-9(7)12/h2-5,12H,1H2. The number of aromatic hydroxyl groups is 1. The lowest BCUT2D eigenvalue weighted by Gasteiger charge is -1.99. The summed E-state index contributed by atoms with van der Waals surface area (Å²) in [7, 11) is 0. The predicted octanol–water partition coefficient (Wildman–Crippen LogP) is 1.67. The molecule has 0 spiro atoms. The van der Waals surface area contributed by atoms with Gasteiger partial charge in [-0.05, 0) is 12.1 Å². The minimum absolute atomic E-state index is 0.116. The highest BCUT2D eigenvalue weighted by Gasteiger charge is 2.13. The molecule has 0 bridgehead atoms. The molecule has 0 aliphatic heterocycles. The van der Waals surface area contributed by atoms with Crippen molar-refractivity contribution in [3.05, 3.63) is 46.5 Å². The van der Waals surface area contributed by atoms with E-state index in [-0.39, 0.29) is 17.0 Å². The molecule has 0 aliphatic rings. The third-order valence-corrected chi connectivity index (χ3v) is 1.64. The van der Waals surface area contributed by atoms with Crippen LogP contribution in [0.1, 0.15) is 10.4 Å². The van der Waals surface area contributed by atoms with Gasteiger partial charge < -0.3 is 5.11 Å². The molecule has 0 aromatic heterocycles. The molecular weight excluding hydrogens is 186 g/mol. The Kier molecular flexibility index (Phi) is 2.62. The van der Waals surface area contributed by atoms with Crippen LogP contribution in [0.15, 0.2) is 30.9 Å². The van der Waals surface area contributed by atoms with Crippen LogP contribution < -0.4 is 0 Å². The topological polar surface area (TPSA) is 80.4 Å². The highest BCUT2D eigenvalue weighted by Crippen LogP contribution is 2.23. The molecule has 14 heavy (non-hydrogen) atoms. The van der Waals surface area contributed by atoms with Gasteiger partial charge in [0.15, 0.2) is 5.78 Å². The van der Waals surface area contributed by atoms with Gasteiger partial charge in [-0.3, -0.25) is 14.9 Å². The molecule has 0 atom stereocenters. The Balaban J connectivity index is 3.28. The zero-order valence-electron chi connectivity index (χ0n) is 7.14. The molecule has 0 heterocycles.